The first-order valence-corrected chi connectivity index (χ1v) is 10.1. The third kappa shape index (κ3) is 3.80. The number of fused-ring (bicyclic) bond motifs is 2. The van der Waals surface area contributed by atoms with Crippen LogP contribution in [-0.2, 0) is 16.7 Å². The molecule has 1 atom stereocenters. The maximum absolute atomic E-state index is 5.71. The van der Waals surface area contributed by atoms with E-state index in [0.717, 1.165) is 57.2 Å². The Hall–Kier alpha value is -2.30. The van der Waals surface area contributed by atoms with Gasteiger partial charge in [0.05, 0.1) is 27.3 Å². The van der Waals surface area contributed by atoms with Crippen molar-refractivity contribution in [2.45, 2.75) is 24.8 Å². The average Bonchev–Trinajstić information content (AvgIpc) is 2.74. The van der Waals surface area contributed by atoms with E-state index >= 15 is 0 Å². The predicted molar refractivity (Wildman–Crippen MR) is 111 cm³/mol. The molecule has 2 aliphatic rings. The van der Waals surface area contributed by atoms with Gasteiger partial charge >= 0.3 is 0 Å². The number of benzene rings is 2. The Morgan fingerprint density at radius 1 is 1.04 bits per heavy atom. The Morgan fingerprint density at radius 2 is 1.75 bits per heavy atom. The summed E-state index contributed by atoms with van der Waals surface area (Å²) in [7, 11) is 3.43. The molecule has 4 rings (SSSR count). The van der Waals surface area contributed by atoms with Crippen LogP contribution in [0.25, 0.3) is 6.08 Å². The Balaban J connectivity index is 1.61. The Morgan fingerprint density at radius 3 is 2.46 bits per heavy atom. The highest BCUT2D eigenvalue weighted by molar-refractivity contribution is 5.51. The lowest BCUT2D eigenvalue weighted by Gasteiger charge is -2.44. The first-order valence-electron chi connectivity index (χ1n) is 10.1. The molecule has 1 unspecified atom stereocenters. The molecule has 4 nitrogen and oxygen atoms in total. The van der Waals surface area contributed by atoms with Gasteiger partial charge in [-0.25, -0.2) is 0 Å². The molecule has 4 heteroatoms. The van der Waals surface area contributed by atoms with Gasteiger partial charge in [0.15, 0.2) is 11.5 Å². The van der Waals surface area contributed by atoms with E-state index in [1.165, 1.54) is 16.7 Å². The third-order valence-corrected chi connectivity index (χ3v) is 6.18. The van der Waals surface area contributed by atoms with Gasteiger partial charge in [-0.3, -0.25) is 0 Å². The topological polar surface area (TPSA) is 32.1 Å². The molecule has 1 spiro atoms. The first kappa shape index (κ1) is 19.0. The lowest BCUT2D eigenvalue weighted by atomic mass is 9.70. The highest BCUT2D eigenvalue weighted by Gasteiger charge is 2.44. The molecule has 28 heavy (non-hydrogen) atoms. The highest BCUT2D eigenvalue weighted by Crippen LogP contribution is 2.42. The summed E-state index contributed by atoms with van der Waals surface area (Å²) < 4.78 is 16.9. The molecule has 0 aliphatic carbocycles. The second-order valence-electron chi connectivity index (χ2n) is 7.88. The quantitative estimate of drug-likeness (QED) is 0.866. The molecule has 148 valence electrons. The van der Waals surface area contributed by atoms with Crippen LogP contribution in [0.3, 0.4) is 0 Å². The van der Waals surface area contributed by atoms with Gasteiger partial charge in [-0.2, -0.15) is 0 Å². The molecule has 0 saturated carbocycles. The van der Waals surface area contributed by atoms with Crippen LogP contribution in [-0.4, -0.2) is 40.5 Å². The lowest BCUT2D eigenvalue weighted by molar-refractivity contribution is -0.915. The molecule has 0 bridgehead atoms. The van der Waals surface area contributed by atoms with Crippen molar-refractivity contribution in [3.8, 4) is 11.5 Å². The minimum Gasteiger partial charge on any atom is -0.493 e. The van der Waals surface area contributed by atoms with Crippen molar-refractivity contribution in [2.75, 3.05) is 40.5 Å². The molecular weight excluding hydrogens is 350 g/mol. The van der Waals surface area contributed by atoms with E-state index in [1.807, 2.05) is 0 Å². The van der Waals surface area contributed by atoms with E-state index in [-0.39, 0.29) is 5.41 Å². The van der Waals surface area contributed by atoms with Crippen molar-refractivity contribution in [1.29, 1.82) is 0 Å². The molecule has 1 N–H and O–H groups in total. The normalized spacial score (nSPS) is 20.9. The molecule has 2 heterocycles. The van der Waals surface area contributed by atoms with Gasteiger partial charge in [-0.15, -0.1) is 0 Å². The Bertz CT molecular complexity index is 825. The molecular formula is C24H30NO3+. The van der Waals surface area contributed by atoms with Crippen LogP contribution in [0.1, 0.15) is 29.5 Å². The number of quaternary nitrogens is 1. The second-order valence-corrected chi connectivity index (χ2v) is 7.88. The number of hydrogen-bond acceptors (Lipinski definition) is 3. The van der Waals surface area contributed by atoms with E-state index in [0.29, 0.717) is 0 Å². The zero-order valence-corrected chi connectivity index (χ0v) is 16.9. The summed E-state index contributed by atoms with van der Waals surface area (Å²) in [5.41, 5.74) is 4.24. The van der Waals surface area contributed by atoms with E-state index in [2.05, 4.69) is 54.6 Å². The summed E-state index contributed by atoms with van der Waals surface area (Å²) >= 11 is 0. The SMILES string of the molecule is COc1cc2c(cc1OC)C1(CCOCC1)C[NH+](C/C=C/c1ccccc1)C2. The Labute approximate surface area is 167 Å². The summed E-state index contributed by atoms with van der Waals surface area (Å²) in [5, 5.41) is 0. The number of ether oxygens (including phenoxy) is 3. The van der Waals surface area contributed by atoms with Gasteiger partial charge in [0.25, 0.3) is 0 Å². The minimum atomic E-state index is 0.168. The molecule has 0 radical (unpaired) electrons. The average molecular weight is 381 g/mol. The predicted octanol–water partition coefficient (Wildman–Crippen LogP) is 2.86. The molecule has 1 saturated heterocycles. The van der Waals surface area contributed by atoms with Crippen LogP contribution >= 0.6 is 0 Å². The van der Waals surface area contributed by atoms with Crippen LogP contribution in [0, 0.1) is 0 Å². The molecule has 2 aromatic rings. The van der Waals surface area contributed by atoms with Crippen molar-refractivity contribution < 1.29 is 19.1 Å². The monoisotopic (exact) mass is 380 g/mol. The largest absolute Gasteiger partial charge is 0.493 e. The number of methoxy groups -OCH3 is 2. The zero-order chi connectivity index (χ0) is 19.4. The fourth-order valence-electron chi connectivity index (χ4n) is 4.75. The summed E-state index contributed by atoms with van der Waals surface area (Å²) in [5.74, 6) is 1.66. The summed E-state index contributed by atoms with van der Waals surface area (Å²) in [6.45, 7) is 4.84. The molecule has 2 aliphatic heterocycles. The fraction of sp³-hybridized carbons (Fsp3) is 0.417. The summed E-state index contributed by atoms with van der Waals surface area (Å²) in [6, 6.07) is 14.9. The van der Waals surface area contributed by atoms with Crippen molar-refractivity contribution in [1.82, 2.24) is 0 Å². The second kappa shape index (κ2) is 8.38. The van der Waals surface area contributed by atoms with Crippen LogP contribution < -0.4 is 14.4 Å². The number of nitrogens with one attached hydrogen (secondary N) is 1. The van der Waals surface area contributed by atoms with Crippen molar-refractivity contribution in [3.05, 3.63) is 65.2 Å². The van der Waals surface area contributed by atoms with Gasteiger partial charge in [0.1, 0.15) is 6.54 Å². The van der Waals surface area contributed by atoms with E-state index < -0.39 is 0 Å². The van der Waals surface area contributed by atoms with Gasteiger partial charge in [0.2, 0.25) is 0 Å². The van der Waals surface area contributed by atoms with Crippen LogP contribution in [0.4, 0.5) is 0 Å². The van der Waals surface area contributed by atoms with Crippen molar-refractivity contribution >= 4 is 6.08 Å². The van der Waals surface area contributed by atoms with Crippen molar-refractivity contribution in [2.24, 2.45) is 0 Å². The fourth-order valence-corrected chi connectivity index (χ4v) is 4.75. The van der Waals surface area contributed by atoms with Crippen LogP contribution in [0.5, 0.6) is 11.5 Å². The maximum atomic E-state index is 5.71. The number of hydrogen-bond donors (Lipinski definition) is 1. The van der Waals surface area contributed by atoms with Crippen LogP contribution in [0.2, 0.25) is 0 Å². The Kier molecular flexibility index (Phi) is 5.69. The van der Waals surface area contributed by atoms with Crippen molar-refractivity contribution in [3.63, 3.8) is 0 Å². The maximum Gasteiger partial charge on any atom is 0.161 e. The van der Waals surface area contributed by atoms with Gasteiger partial charge in [0, 0.05) is 24.2 Å². The summed E-state index contributed by atoms with van der Waals surface area (Å²) in [4.78, 5) is 1.59. The molecule has 1 fully saturated rings. The third-order valence-electron chi connectivity index (χ3n) is 6.18. The molecule has 0 aromatic heterocycles. The molecule has 2 aromatic carbocycles. The first-order chi connectivity index (χ1) is 13.7. The summed E-state index contributed by atoms with van der Waals surface area (Å²) in [6.07, 6.45) is 6.68. The minimum absolute atomic E-state index is 0.168. The van der Waals surface area contributed by atoms with Crippen LogP contribution in [0.15, 0.2) is 48.5 Å². The number of rotatable bonds is 5. The van der Waals surface area contributed by atoms with E-state index in [4.69, 9.17) is 14.2 Å². The van der Waals surface area contributed by atoms with E-state index in [9.17, 15) is 0 Å². The van der Waals surface area contributed by atoms with E-state index in [1.54, 1.807) is 19.1 Å². The van der Waals surface area contributed by atoms with Gasteiger partial charge < -0.3 is 19.1 Å². The highest BCUT2D eigenvalue weighted by atomic mass is 16.5. The standard InChI is InChI=1S/C24H29NO3/c1-26-22-15-20-17-25(12-6-9-19-7-4-3-5-8-19)18-24(10-13-28-14-11-24)21(20)16-23(22)27-2/h3-9,15-16H,10-14,17-18H2,1-2H3/p+1/b9-6+. The smallest absolute Gasteiger partial charge is 0.161 e. The zero-order valence-electron chi connectivity index (χ0n) is 16.9. The van der Waals surface area contributed by atoms with Gasteiger partial charge in [-0.1, -0.05) is 36.4 Å². The van der Waals surface area contributed by atoms with Gasteiger partial charge in [-0.05, 0) is 42.2 Å². The molecule has 0 amide bonds. The lowest BCUT2D eigenvalue weighted by Crippen LogP contribution is -3.13.